The molecule has 4 heteroatoms. The van der Waals surface area contributed by atoms with Crippen molar-refractivity contribution in [2.45, 2.75) is 63.4 Å². The van der Waals surface area contributed by atoms with Gasteiger partial charge in [-0.2, -0.15) is 0 Å². The Labute approximate surface area is 108 Å². The fraction of sp³-hybridized carbons (Fsp3) is 0.846. The van der Waals surface area contributed by atoms with E-state index in [-0.39, 0.29) is 0 Å². The Balaban J connectivity index is 1.89. The predicted molar refractivity (Wildman–Crippen MR) is 77.3 cm³/mol. The molecule has 3 unspecified atom stereocenters. The average Bonchev–Trinajstić information content (AvgIpc) is 2.30. The highest BCUT2D eigenvalue weighted by atomic mass is 28.4. The summed E-state index contributed by atoms with van der Waals surface area (Å²) in [5, 5.41) is 1.43. The van der Waals surface area contributed by atoms with Crippen LogP contribution in [0, 0.1) is 0 Å². The van der Waals surface area contributed by atoms with Crippen molar-refractivity contribution < 1.29 is 8.85 Å². The van der Waals surface area contributed by atoms with Crippen molar-refractivity contribution in [1.82, 2.24) is 0 Å². The van der Waals surface area contributed by atoms with E-state index in [0.717, 1.165) is 6.61 Å². The van der Waals surface area contributed by atoms with Gasteiger partial charge in [0.2, 0.25) is 8.32 Å². The summed E-state index contributed by atoms with van der Waals surface area (Å²) in [6, 6.07) is 3.80. The fourth-order valence-electron chi connectivity index (χ4n) is 3.01. The fourth-order valence-corrected chi connectivity index (χ4v) is 10.2. The second-order valence-corrected chi connectivity index (χ2v) is 12.3. The molecule has 0 aromatic heterocycles. The van der Waals surface area contributed by atoms with Gasteiger partial charge in [0.15, 0.2) is 9.04 Å². The smallest absolute Gasteiger partial charge is 0.216 e. The third-order valence-corrected chi connectivity index (χ3v) is 11.3. The van der Waals surface area contributed by atoms with Crippen molar-refractivity contribution in [3.05, 3.63) is 11.8 Å². The first-order valence-electron chi connectivity index (χ1n) is 7.08. The zero-order chi connectivity index (χ0) is 12.3. The van der Waals surface area contributed by atoms with Crippen molar-refractivity contribution in [3.63, 3.8) is 0 Å². The van der Waals surface area contributed by atoms with Crippen molar-refractivity contribution in [2.75, 3.05) is 6.61 Å². The zero-order valence-corrected chi connectivity index (χ0v) is 13.5. The Kier molecular flexibility index (Phi) is 4.63. The second-order valence-electron chi connectivity index (χ2n) is 5.85. The van der Waals surface area contributed by atoms with Gasteiger partial charge >= 0.3 is 0 Å². The van der Waals surface area contributed by atoms with E-state index in [4.69, 9.17) is 8.85 Å². The van der Waals surface area contributed by atoms with E-state index in [0.29, 0.717) is 6.10 Å². The molecule has 0 bridgehead atoms. The number of allylic oxidation sites excluding steroid dienone is 1. The molecule has 2 aliphatic heterocycles. The van der Waals surface area contributed by atoms with E-state index < -0.39 is 17.4 Å². The first kappa shape index (κ1) is 13.5. The summed E-state index contributed by atoms with van der Waals surface area (Å²) >= 11 is 0. The Morgan fingerprint density at radius 1 is 1.41 bits per heavy atom. The molecule has 0 aromatic rings. The largest absolute Gasteiger partial charge is 0.420 e. The molecule has 3 atom stereocenters. The summed E-state index contributed by atoms with van der Waals surface area (Å²) in [5.74, 6) is 0. The van der Waals surface area contributed by atoms with Crippen LogP contribution in [-0.2, 0) is 8.85 Å². The normalized spacial score (nSPS) is 38.9. The third kappa shape index (κ3) is 3.53. The number of hydrogen-bond acceptors (Lipinski definition) is 2. The van der Waals surface area contributed by atoms with Gasteiger partial charge in [0, 0.05) is 12.7 Å². The molecule has 0 radical (unpaired) electrons. The first-order chi connectivity index (χ1) is 8.10. The van der Waals surface area contributed by atoms with Gasteiger partial charge in [0.05, 0.1) is 0 Å². The Morgan fingerprint density at radius 3 is 2.88 bits per heavy atom. The maximum Gasteiger partial charge on any atom is 0.216 e. The summed E-state index contributed by atoms with van der Waals surface area (Å²) in [7, 11) is -2.59. The van der Waals surface area contributed by atoms with Crippen molar-refractivity contribution in [1.29, 1.82) is 0 Å². The topological polar surface area (TPSA) is 18.5 Å². The van der Waals surface area contributed by atoms with Crippen LogP contribution in [0.15, 0.2) is 11.8 Å². The lowest BCUT2D eigenvalue weighted by molar-refractivity contribution is 0.180. The van der Waals surface area contributed by atoms with Crippen molar-refractivity contribution >= 4 is 17.4 Å². The molecule has 0 saturated carbocycles. The van der Waals surface area contributed by atoms with Gasteiger partial charge in [0.1, 0.15) is 0 Å². The lowest BCUT2D eigenvalue weighted by atomic mass is 10.2. The van der Waals surface area contributed by atoms with Gasteiger partial charge in [0.25, 0.3) is 0 Å². The minimum Gasteiger partial charge on any atom is -0.420 e. The summed E-state index contributed by atoms with van der Waals surface area (Å²) in [5.41, 5.74) is 0. The van der Waals surface area contributed by atoms with Crippen LogP contribution in [0.3, 0.4) is 0 Å². The Hall–Kier alpha value is 0.0938. The highest BCUT2D eigenvalue weighted by molar-refractivity contribution is 6.81. The standard InChI is InChI=1S/C13H26O2Si2/c1-12-7-6-10-17(3,15-12)13(2)11-16-9-5-4-8-14-16/h12,16H,2,4-11H2,1,3H3. The van der Waals surface area contributed by atoms with Gasteiger partial charge in [-0.05, 0) is 44.4 Å². The van der Waals surface area contributed by atoms with E-state index in [9.17, 15) is 0 Å². The van der Waals surface area contributed by atoms with Crippen molar-refractivity contribution in [2.24, 2.45) is 0 Å². The van der Waals surface area contributed by atoms with Crippen LogP contribution in [0.2, 0.25) is 24.7 Å². The molecule has 2 heterocycles. The Morgan fingerprint density at radius 2 is 2.24 bits per heavy atom. The molecule has 2 nitrogen and oxygen atoms in total. The van der Waals surface area contributed by atoms with Crippen molar-refractivity contribution in [3.8, 4) is 0 Å². The van der Waals surface area contributed by atoms with Crippen LogP contribution in [0.5, 0.6) is 0 Å². The highest BCUT2D eigenvalue weighted by Crippen LogP contribution is 2.34. The third-order valence-electron chi connectivity index (χ3n) is 4.22. The molecule has 0 aromatic carbocycles. The monoisotopic (exact) mass is 270 g/mol. The average molecular weight is 271 g/mol. The van der Waals surface area contributed by atoms with Gasteiger partial charge in [-0.25, -0.2) is 0 Å². The first-order valence-corrected chi connectivity index (χ1v) is 11.8. The molecule has 0 spiro atoms. The van der Waals surface area contributed by atoms with Crippen LogP contribution < -0.4 is 0 Å². The van der Waals surface area contributed by atoms with E-state index in [1.165, 1.54) is 49.0 Å². The summed E-state index contributed by atoms with van der Waals surface area (Å²) in [6.07, 6.45) is 5.65. The molecule has 17 heavy (non-hydrogen) atoms. The lowest BCUT2D eigenvalue weighted by Crippen LogP contribution is -2.44. The molecule has 2 aliphatic rings. The SMILES string of the molecule is C=C(C[SiH]1CCCCO1)[Si]1(C)CCCC(C)O1. The number of rotatable bonds is 3. The minimum atomic E-state index is -1.63. The van der Waals surface area contributed by atoms with Gasteiger partial charge < -0.3 is 8.85 Å². The summed E-state index contributed by atoms with van der Waals surface area (Å²) < 4.78 is 12.2. The molecule has 2 fully saturated rings. The predicted octanol–water partition coefficient (Wildman–Crippen LogP) is 3.39. The van der Waals surface area contributed by atoms with E-state index in [1.54, 1.807) is 0 Å². The van der Waals surface area contributed by atoms with E-state index in [1.807, 2.05) is 0 Å². The minimum absolute atomic E-state index is 0.450. The molecule has 0 amide bonds. The van der Waals surface area contributed by atoms with Gasteiger partial charge in [-0.15, -0.1) is 6.58 Å². The quantitative estimate of drug-likeness (QED) is 0.732. The molecule has 0 N–H and O–H groups in total. The molecule has 2 rings (SSSR count). The maximum atomic E-state index is 6.28. The van der Waals surface area contributed by atoms with Crippen LogP contribution >= 0.6 is 0 Å². The molecule has 98 valence electrons. The van der Waals surface area contributed by atoms with Crippen LogP contribution in [0.25, 0.3) is 0 Å². The molecular formula is C13H26O2Si2. The maximum absolute atomic E-state index is 6.28. The molecular weight excluding hydrogens is 244 g/mol. The molecule has 2 saturated heterocycles. The van der Waals surface area contributed by atoms with Crippen LogP contribution in [-0.4, -0.2) is 30.1 Å². The number of hydrogen-bond donors (Lipinski definition) is 0. The second kappa shape index (κ2) is 5.82. The highest BCUT2D eigenvalue weighted by Gasteiger charge is 2.38. The van der Waals surface area contributed by atoms with Crippen LogP contribution in [0.1, 0.15) is 32.6 Å². The van der Waals surface area contributed by atoms with E-state index >= 15 is 0 Å². The summed E-state index contributed by atoms with van der Waals surface area (Å²) in [4.78, 5) is 0. The Bertz CT molecular complexity index is 277. The lowest BCUT2D eigenvalue weighted by Gasteiger charge is -2.38. The van der Waals surface area contributed by atoms with Gasteiger partial charge in [-0.1, -0.05) is 18.0 Å². The zero-order valence-electron chi connectivity index (χ0n) is 11.3. The van der Waals surface area contributed by atoms with Gasteiger partial charge in [-0.3, -0.25) is 0 Å². The summed E-state index contributed by atoms with van der Waals surface area (Å²) in [6.45, 7) is 9.95. The molecule has 0 aliphatic carbocycles. The van der Waals surface area contributed by atoms with Crippen LogP contribution in [0.4, 0.5) is 0 Å². The van der Waals surface area contributed by atoms with E-state index in [2.05, 4.69) is 20.0 Å².